The normalized spacial score (nSPS) is 14.2. The van der Waals surface area contributed by atoms with Gasteiger partial charge < -0.3 is 9.47 Å². The van der Waals surface area contributed by atoms with E-state index < -0.39 is 0 Å². The quantitative estimate of drug-likeness (QED) is 0.841. The topological polar surface area (TPSA) is 73.0 Å². The van der Waals surface area contributed by atoms with E-state index in [0.29, 0.717) is 36.7 Å². The predicted octanol–water partition coefficient (Wildman–Crippen LogP) is 0.831. The Morgan fingerprint density at radius 1 is 1.39 bits per heavy atom. The van der Waals surface area contributed by atoms with Crippen molar-refractivity contribution >= 4 is 5.91 Å². The number of rotatable bonds is 3. The van der Waals surface area contributed by atoms with Crippen LogP contribution in [0.2, 0.25) is 0 Å². The SMILES string of the molecule is CC(C)Cn1cc(C(=O)N2CCc3c(ncn(C)c3=O)C2)cn1. The Labute approximate surface area is 134 Å². The molecule has 7 heteroatoms. The highest BCUT2D eigenvalue weighted by Crippen LogP contribution is 2.16. The molecule has 3 rings (SSSR count). The van der Waals surface area contributed by atoms with Gasteiger partial charge >= 0.3 is 0 Å². The van der Waals surface area contributed by atoms with Crippen LogP contribution in [0.15, 0.2) is 23.5 Å². The highest BCUT2D eigenvalue weighted by atomic mass is 16.2. The molecule has 0 aliphatic carbocycles. The van der Waals surface area contributed by atoms with Crippen molar-refractivity contribution in [1.82, 2.24) is 24.2 Å². The van der Waals surface area contributed by atoms with Crippen molar-refractivity contribution < 1.29 is 4.79 Å². The van der Waals surface area contributed by atoms with Gasteiger partial charge in [-0.2, -0.15) is 5.10 Å². The summed E-state index contributed by atoms with van der Waals surface area (Å²) in [5, 5.41) is 4.24. The summed E-state index contributed by atoms with van der Waals surface area (Å²) < 4.78 is 3.27. The molecule has 0 fully saturated rings. The van der Waals surface area contributed by atoms with Gasteiger partial charge in [0.15, 0.2) is 0 Å². The largest absolute Gasteiger partial charge is 0.332 e. The Morgan fingerprint density at radius 2 is 2.17 bits per heavy atom. The molecule has 0 atom stereocenters. The number of aryl methyl sites for hydroxylation is 1. The minimum Gasteiger partial charge on any atom is -0.332 e. The second-order valence-electron chi connectivity index (χ2n) is 6.41. The number of aromatic nitrogens is 4. The van der Waals surface area contributed by atoms with E-state index in [2.05, 4.69) is 23.9 Å². The zero-order valence-electron chi connectivity index (χ0n) is 13.7. The lowest BCUT2D eigenvalue weighted by atomic mass is 10.1. The van der Waals surface area contributed by atoms with Crippen molar-refractivity contribution in [3.05, 3.63) is 45.9 Å². The van der Waals surface area contributed by atoms with Crippen molar-refractivity contribution in [1.29, 1.82) is 0 Å². The highest BCUT2D eigenvalue weighted by molar-refractivity contribution is 5.93. The molecule has 0 unspecified atom stereocenters. The fourth-order valence-corrected chi connectivity index (χ4v) is 2.82. The molecule has 0 spiro atoms. The zero-order chi connectivity index (χ0) is 16.6. The van der Waals surface area contributed by atoms with Crippen LogP contribution in [0.5, 0.6) is 0 Å². The fraction of sp³-hybridized carbons (Fsp3) is 0.500. The first kappa shape index (κ1) is 15.5. The van der Waals surface area contributed by atoms with Crippen molar-refractivity contribution in [3.8, 4) is 0 Å². The molecule has 0 bridgehead atoms. The van der Waals surface area contributed by atoms with Gasteiger partial charge in [0.25, 0.3) is 11.5 Å². The van der Waals surface area contributed by atoms with Gasteiger partial charge in [-0.25, -0.2) is 4.98 Å². The molecule has 122 valence electrons. The molecule has 1 amide bonds. The summed E-state index contributed by atoms with van der Waals surface area (Å²) in [4.78, 5) is 30.7. The number of carbonyl (C=O) groups is 1. The van der Waals surface area contributed by atoms with E-state index in [1.54, 1.807) is 29.0 Å². The van der Waals surface area contributed by atoms with Gasteiger partial charge in [-0.3, -0.25) is 14.3 Å². The van der Waals surface area contributed by atoms with Crippen LogP contribution in [0.1, 0.15) is 35.5 Å². The smallest absolute Gasteiger partial charge is 0.257 e. The molecule has 0 saturated carbocycles. The third-order valence-corrected chi connectivity index (χ3v) is 4.01. The second-order valence-corrected chi connectivity index (χ2v) is 6.41. The molecule has 2 aromatic heterocycles. The van der Waals surface area contributed by atoms with E-state index in [9.17, 15) is 9.59 Å². The average Bonchev–Trinajstić information content (AvgIpc) is 2.97. The van der Waals surface area contributed by atoms with E-state index in [4.69, 9.17) is 0 Å². The maximum Gasteiger partial charge on any atom is 0.257 e. The van der Waals surface area contributed by atoms with Crippen molar-refractivity contribution in [2.24, 2.45) is 13.0 Å². The first-order valence-electron chi connectivity index (χ1n) is 7.81. The number of amides is 1. The predicted molar refractivity (Wildman–Crippen MR) is 85.0 cm³/mol. The van der Waals surface area contributed by atoms with Crippen LogP contribution in [-0.4, -0.2) is 36.7 Å². The first-order chi connectivity index (χ1) is 11.0. The Morgan fingerprint density at radius 3 is 2.91 bits per heavy atom. The summed E-state index contributed by atoms with van der Waals surface area (Å²) in [6.45, 7) is 5.91. The van der Waals surface area contributed by atoms with Crippen LogP contribution in [0.4, 0.5) is 0 Å². The molecular weight excluding hydrogens is 294 g/mol. The van der Waals surface area contributed by atoms with E-state index in [-0.39, 0.29) is 11.5 Å². The number of carbonyl (C=O) groups excluding carboxylic acids is 1. The Kier molecular flexibility index (Phi) is 4.02. The van der Waals surface area contributed by atoms with Crippen LogP contribution in [-0.2, 0) is 26.6 Å². The van der Waals surface area contributed by atoms with Crippen LogP contribution >= 0.6 is 0 Å². The van der Waals surface area contributed by atoms with E-state index >= 15 is 0 Å². The fourth-order valence-electron chi connectivity index (χ4n) is 2.82. The van der Waals surface area contributed by atoms with Gasteiger partial charge in [0, 0.05) is 31.9 Å². The van der Waals surface area contributed by atoms with Gasteiger partial charge in [0.05, 0.1) is 30.3 Å². The first-order valence-corrected chi connectivity index (χ1v) is 7.81. The Hall–Kier alpha value is -2.44. The lowest BCUT2D eigenvalue weighted by molar-refractivity contribution is 0.0731. The number of hydrogen-bond acceptors (Lipinski definition) is 4. The van der Waals surface area contributed by atoms with Gasteiger partial charge in [-0.1, -0.05) is 13.8 Å². The molecule has 23 heavy (non-hydrogen) atoms. The second kappa shape index (κ2) is 5.98. The monoisotopic (exact) mass is 315 g/mol. The van der Waals surface area contributed by atoms with E-state index in [0.717, 1.165) is 12.1 Å². The summed E-state index contributed by atoms with van der Waals surface area (Å²) in [6.07, 6.45) is 5.45. The molecule has 0 aromatic carbocycles. The summed E-state index contributed by atoms with van der Waals surface area (Å²) in [5.41, 5.74) is 1.97. The van der Waals surface area contributed by atoms with Gasteiger partial charge in [-0.15, -0.1) is 0 Å². The molecule has 7 nitrogen and oxygen atoms in total. The third-order valence-electron chi connectivity index (χ3n) is 4.01. The molecule has 2 aromatic rings. The minimum absolute atomic E-state index is 0.0214. The third kappa shape index (κ3) is 3.04. The van der Waals surface area contributed by atoms with Crippen LogP contribution < -0.4 is 5.56 Å². The molecular formula is C16H21N5O2. The Bertz CT molecular complexity index is 790. The van der Waals surface area contributed by atoms with E-state index in [1.165, 1.54) is 10.9 Å². The van der Waals surface area contributed by atoms with Crippen molar-refractivity contribution in [2.45, 2.75) is 33.4 Å². The summed E-state index contributed by atoms with van der Waals surface area (Å²) in [7, 11) is 1.69. The van der Waals surface area contributed by atoms with Crippen LogP contribution in [0, 0.1) is 5.92 Å². The average molecular weight is 315 g/mol. The molecule has 0 radical (unpaired) electrons. The van der Waals surface area contributed by atoms with Gasteiger partial charge in [0.2, 0.25) is 0 Å². The standard InChI is InChI=1S/C16H21N5O2/c1-11(2)7-21-8-12(6-18-21)15(22)20-5-4-13-14(9-20)17-10-19(3)16(13)23/h6,8,10-11H,4-5,7,9H2,1-3H3. The Balaban J connectivity index is 1.78. The molecule has 1 aliphatic rings. The van der Waals surface area contributed by atoms with Crippen molar-refractivity contribution in [3.63, 3.8) is 0 Å². The number of nitrogens with zero attached hydrogens (tertiary/aromatic N) is 5. The highest BCUT2D eigenvalue weighted by Gasteiger charge is 2.25. The van der Waals surface area contributed by atoms with Crippen LogP contribution in [0.25, 0.3) is 0 Å². The van der Waals surface area contributed by atoms with Crippen molar-refractivity contribution in [2.75, 3.05) is 6.54 Å². The maximum atomic E-state index is 12.6. The summed E-state index contributed by atoms with van der Waals surface area (Å²) >= 11 is 0. The van der Waals surface area contributed by atoms with Gasteiger partial charge in [-0.05, 0) is 12.3 Å². The number of hydrogen-bond donors (Lipinski definition) is 0. The van der Waals surface area contributed by atoms with Gasteiger partial charge in [0.1, 0.15) is 0 Å². The van der Waals surface area contributed by atoms with Crippen LogP contribution in [0.3, 0.4) is 0 Å². The maximum absolute atomic E-state index is 12.6. The lowest BCUT2D eigenvalue weighted by Gasteiger charge is -2.27. The molecule has 0 saturated heterocycles. The minimum atomic E-state index is -0.0619. The lowest BCUT2D eigenvalue weighted by Crippen LogP contribution is -2.39. The number of fused-ring (bicyclic) bond motifs is 1. The summed E-state index contributed by atoms with van der Waals surface area (Å²) in [6, 6.07) is 0. The molecule has 1 aliphatic heterocycles. The van der Waals surface area contributed by atoms with E-state index in [1.807, 2.05) is 0 Å². The summed E-state index contributed by atoms with van der Waals surface area (Å²) in [5.74, 6) is 0.410. The molecule has 3 heterocycles. The molecule has 0 N–H and O–H groups in total. The zero-order valence-corrected chi connectivity index (χ0v) is 13.7.